The molecule has 10 heteroatoms. The van der Waals surface area contributed by atoms with E-state index in [0.29, 0.717) is 9.65 Å². The quantitative estimate of drug-likeness (QED) is 0.405. The topological polar surface area (TPSA) is 86.1 Å². The molecule has 0 fully saturated rings. The van der Waals surface area contributed by atoms with Gasteiger partial charge in [0.05, 0.1) is 15.5 Å². The van der Waals surface area contributed by atoms with E-state index >= 15 is 0 Å². The number of rotatable bonds is 5. The lowest BCUT2D eigenvalue weighted by Crippen LogP contribution is -2.16. The van der Waals surface area contributed by atoms with Crippen LogP contribution in [-0.2, 0) is 19.9 Å². The first-order valence-corrected chi connectivity index (χ1v) is 12.2. The zero-order chi connectivity index (χ0) is 23.1. The fraction of sp³-hybridized carbons (Fsp3) is 0.0455. The van der Waals surface area contributed by atoms with Gasteiger partial charge >= 0.3 is 0 Å². The largest absolute Gasteiger partial charge is 0.283 e. The summed E-state index contributed by atoms with van der Waals surface area (Å²) in [6, 6.07) is 16.4. The van der Waals surface area contributed by atoms with Gasteiger partial charge in [-0.2, -0.15) is 17.6 Å². The van der Waals surface area contributed by atoms with E-state index in [9.17, 15) is 25.6 Å². The maximum atomic E-state index is 13.5. The van der Waals surface area contributed by atoms with Crippen LogP contribution in [0.15, 0.2) is 93.5 Å². The molecule has 0 bridgehead atoms. The Morgan fingerprint density at radius 1 is 0.719 bits per heavy atom. The Morgan fingerprint density at radius 2 is 1.22 bits per heavy atom. The molecule has 4 rings (SSSR count). The summed E-state index contributed by atoms with van der Waals surface area (Å²) in [6.45, 7) is 1.37. The molecular formula is C22H16F2N2O4S2. The molecule has 0 aliphatic rings. The lowest BCUT2D eigenvalue weighted by atomic mass is 10.1. The molecule has 0 N–H and O–H groups in total. The van der Waals surface area contributed by atoms with Gasteiger partial charge in [-0.1, -0.05) is 30.3 Å². The number of halogens is 2. The Hall–Kier alpha value is -3.37. The van der Waals surface area contributed by atoms with E-state index in [1.165, 1.54) is 6.92 Å². The first-order valence-electron chi connectivity index (χ1n) is 9.29. The van der Waals surface area contributed by atoms with Crippen molar-refractivity contribution in [3.05, 3.63) is 96.2 Å². The smallest absolute Gasteiger partial charge is 0.218 e. The van der Waals surface area contributed by atoms with Gasteiger partial charge in [0.1, 0.15) is 22.2 Å². The van der Waals surface area contributed by atoms with Gasteiger partial charge in [0, 0.05) is 5.56 Å². The normalized spacial score (nSPS) is 12.1. The second kappa shape index (κ2) is 7.95. The summed E-state index contributed by atoms with van der Waals surface area (Å²) in [5, 5.41) is 4.05. The summed E-state index contributed by atoms with van der Waals surface area (Å²) in [5.74, 6) is -1.23. The van der Waals surface area contributed by atoms with Crippen molar-refractivity contribution in [2.45, 2.75) is 21.6 Å². The molecule has 164 valence electrons. The summed E-state index contributed by atoms with van der Waals surface area (Å²) in [5.41, 5.74) is 0.0649. The molecule has 0 spiro atoms. The molecule has 0 saturated carbocycles. The van der Waals surface area contributed by atoms with Crippen LogP contribution in [0.25, 0.3) is 11.3 Å². The van der Waals surface area contributed by atoms with Crippen molar-refractivity contribution in [3.8, 4) is 11.3 Å². The minimum Gasteiger partial charge on any atom is -0.218 e. The van der Waals surface area contributed by atoms with E-state index < -0.39 is 31.5 Å². The summed E-state index contributed by atoms with van der Waals surface area (Å²) in [6.07, 6.45) is 0. The van der Waals surface area contributed by atoms with E-state index in [2.05, 4.69) is 5.10 Å². The number of sulfone groups is 1. The maximum absolute atomic E-state index is 13.5. The average Bonchev–Trinajstić information content (AvgIpc) is 3.14. The fourth-order valence-corrected chi connectivity index (χ4v) is 6.28. The van der Waals surface area contributed by atoms with Crippen LogP contribution >= 0.6 is 0 Å². The summed E-state index contributed by atoms with van der Waals surface area (Å²) < 4.78 is 81.0. The van der Waals surface area contributed by atoms with Gasteiger partial charge in [0.25, 0.3) is 10.0 Å². The Kier molecular flexibility index (Phi) is 5.43. The minimum atomic E-state index is -4.37. The van der Waals surface area contributed by atoms with Crippen molar-refractivity contribution in [3.63, 3.8) is 0 Å². The number of hydrogen-bond acceptors (Lipinski definition) is 5. The van der Waals surface area contributed by atoms with Crippen molar-refractivity contribution >= 4 is 19.9 Å². The highest BCUT2D eigenvalue weighted by Gasteiger charge is 2.34. The van der Waals surface area contributed by atoms with E-state index in [0.717, 1.165) is 48.5 Å². The van der Waals surface area contributed by atoms with Crippen molar-refractivity contribution in [1.82, 2.24) is 9.19 Å². The molecule has 0 unspecified atom stereocenters. The van der Waals surface area contributed by atoms with E-state index in [1.54, 1.807) is 30.3 Å². The molecule has 0 saturated heterocycles. The minimum absolute atomic E-state index is 0.0566. The number of aromatic nitrogens is 2. The third-order valence-corrected chi connectivity index (χ3v) is 8.26. The summed E-state index contributed by atoms with van der Waals surface area (Å²) >= 11 is 0. The maximum Gasteiger partial charge on any atom is 0.283 e. The molecule has 32 heavy (non-hydrogen) atoms. The van der Waals surface area contributed by atoms with Gasteiger partial charge in [0.15, 0.2) is 0 Å². The van der Waals surface area contributed by atoms with Crippen LogP contribution in [0.4, 0.5) is 8.78 Å². The molecule has 1 aromatic heterocycles. The van der Waals surface area contributed by atoms with Gasteiger partial charge < -0.3 is 0 Å². The highest BCUT2D eigenvalue weighted by Crippen LogP contribution is 2.36. The van der Waals surface area contributed by atoms with Gasteiger partial charge in [-0.25, -0.2) is 17.2 Å². The highest BCUT2D eigenvalue weighted by atomic mass is 32.2. The van der Waals surface area contributed by atoms with Crippen LogP contribution in [0, 0.1) is 18.6 Å². The van der Waals surface area contributed by atoms with Gasteiger partial charge in [0.2, 0.25) is 9.84 Å². The first kappa shape index (κ1) is 21.8. The SMILES string of the molecule is Cc1nn(S(=O)(=O)c2ccc(F)cc2)c(-c2ccccc2)c1S(=O)(=O)c1ccc(F)cc1. The monoisotopic (exact) mass is 474 g/mol. The van der Waals surface area contributed by atoms with Crippen molar-refractivity contribution < 1.29 is 25.6 Å². The van der Waals surface area contributed by atoms with Crippen LogP contribution in [0.1, 0.15) is 5.69 Å². The Morgan fingerprint density at radius 3 is 1.75 bits per heavy atom. The molecule has 3 aromatic carbocycles. The van der Waals surface area contributed by atoms with E-state index in [1.807, 2.05) is 0 Å². The third-order valence-electron chi connectivity index (χ3n) is 4.75. The molecule has 6 nitrogen and oxygen atoms in total. The summed E-state index contributed by atoms with van der Waals surface area (Å²) in [4.78, 5) is -0.789. The predicted octanol–water partition coefficient (Wildman–Crippen LogP) is 4.21. The van der Waals surface area contributed by atoms with Gasteiger partial charge in [-0.05, 0) is 55.5 Å². The molecule has 1 heterocycles. The molecule has 0 radical (unpaired) electrons. The number of benzene rings is 3. The van der Waals surface area contributed by atoms with Crippen LogP contribution in [0.3, 0.4) is 0 Å². The second-order valence-electron chi connectivity index (χ2n) is 6.89. The highest BCUT2D eigenvalue weighted by molar-refractivity contribution is 7.92. The molecule has 0 atom stereocenters. The Balaban J connectivity index is 2.04. The molecule has 0 aliphatic carbocycles. The van der Waals surface area contributed by atoms with E-state index in [4.69, 9.17) is 0 Å². The molecular weight excluding hydrogens is 458 g/mol. The standard InChI is InChI=1S/C22H16F2N2O4S2/c1-15-22(31(27,28)19-11-7-17(23)8-12-19)21(16-5-3-2-4-6-16)26(25-15)32(29,30)20-13-9-18(24)10-14-20/h2-14H,1H3. The fourth-order valence-electron chi connectivity index (χ4n) is 3.26. The first-order chi connectivity index (χ1) is 15.1. The Labute approximate surface area is 183 Å². The average molecular weight is 475 g/mol. The number of hydrogen-bond donors (Lipinski definition) is 0. The summed E-state index contributed by atoms with van der Waals surface area (Å²) in [7, 11) is -8.64. The number of aryl methyl sites for hydroxylation is 1. The van der Waals surface area contributed by atoms with Crippen molar-refractivity contribution in [2.24, 2.45) is 0 Å². The third kappa shape index (κ3) is 3.71. The predicted molar refractivity (Wildman–Crippen MR) is 113 cm³/mol. The van der Waals surface area contributed by atoms with Crippen molar-refractivity contribution in [2.75, 3.05) is 0 Å². The second-order valence-corrected chi connectivity index (χ2v) is 10.5. The van der Waals surface area contributed by atoms with Crippen LogP contribution in [-0.4, -0.2) is 26.0 Å². The molecule has 0 aliphatic heterocycles. The van der Waals surface area contributed by atoms with Gasteiger partial charge in [-0.15, -0.1) is 0 Å². The van der Waals surface area contributed by atoms with Crippen LogP contribution in [0.2, 0.25) is 0 Å². The van der Waals surface area contributed by atoms with Crippen LogP contribution in [0.5, 0.6) is 0 Å². The molecule has 0 amide bonds. The lowest BCUT2D eigenvalue weighted by Gasteiger charge is -2.11. The van der Waals surface area contributed by atoms with Gasteiger partial charge in [-0.3, -0.25) is 0 Å². The Bertz CT molecular complexity index is 1500. The molecule has 4 aromatic rings. The number of nitrogens with zero attached hydrogens (tertiary/aromatic N) is 2. The van der Waals surface area contributed by atoms with E-state index in [-0.39, 0.29) is 26.1 Å². The zero-order valence-electron chi connectivity index (χ0n) is 16.6. The zero-order valence-corrected chi connectivity index (χ0v) is 18.2. The van der Waals surface area contributed by atoms with Crippen LogP contribution < -0.4 is 0 Å². The van der Waals surface area contributed by atoms with Crippen molar-refractivity contribution in [1.29, 1.82) is 0 Å². The lowest BCUT2D eigenvalue weighted by molar-refractivity contribution is 0.579.